The molecule has 3 rings (SSSR count). The molecule has 0 spiro atoms. The van der Waals surface area contributed by atoms with Crippen LogP contribution in [0, 0.1) is 12.8 Å². The van der Waals surface area contributed by atoms with Crippen molar-refractivity contribution < 1.29 is 4.79 Å². The van der Waals surface area contributed by atoms with Gasteiger partial charge in [-0.2, -0.15) is 0 Å². The summed E-state index contributed by atoms with van der Waals surface area (Å²) in [7, 11) is 0. The highest BCUT2D eigenvalue weighted by atomic mass is 32.1. The maximum atomic E-state index is 12.4. The van der Waals surface area contributed by atoms with E-state index in [1.54, 1.807) is 11.3 Å². The number of benzene rings is 1. The Morgan fingerprint density at radius 2 is 1.86 bits per heavy atom. The Kier molecular flexibility index (Phi) is 8.07. The molecule has 29 heavy (non-hydrogen) atoms. The van der Waals surface area contributed by atoms with E-state index in [1.165, 1.54) is 5.69 Å². The molecule has 1 aromatic carbocycles. The zero-order chi connectivity index (χ0) is 20.6. The zero-order valence-electron chi connectivity index (χ0n) is 18.0. The smallest absolute Gasteiger partial charge is 0.263 e. The van der Waals surface area contributed by atoms with Gasteiger partial charge in [0.15, 0.2) is 0 Å². The van der Waals surface area contributed by atoms with E-state index in [4.69, 9.17) is 0 Å². The third-order valence-corrected chi connectivity index (χ3v) is 6.49. The highest BCUT2D eigenvalue weighted by Gasteiger charge is 2.17. The molecule has 2 heterocycles. The summed E-state index contributed by atoms with van der Waals surface area (Å²) in [4.78, 5) is 22.8. The van der Waals surface area contributed by atoms with Crippen LogP contribution in [0.5, 0.6) is 0 Å². The molecule has 1 N–H and O–H groups in total. The first-order chi connectivity index (χ1) is 14.0. The maximum absolute atomic E-state index is 12.4. The van der Waals surface area contributed by atoms with E-state index in [2.05, 4.69) is 64.3 Å². The minimum atomic E-state index is 0.0338. The zero-order valence-corrected chi connectivity index (χ0v) is 18.8. The summed E-state index contributed by atoms with van der Waals surface area (Å²) in [5.74, 6) is 0.595. The molecule has 5 nitrogen and oxygen atoms in total. The van der Waals surface area contributed by atoms with Gasteiger partial charge in [-0.3, -0.25) is 9.69 Å². The Morgan fingerprint density at radius 1 is 1.14 bits per heavy atom. The van der Waals surface area contributed by atoms with Crippen LogP contribution in [-0.4, -0.2) is 55.1 Å². The Labute approximate surface area is 179 Å². The molecule has 0 radical (unpaired) electrons. The van der Waals surface area contributed by atoms with Gasteiger partial charge in [0.25, 0.3) is 5.91 Å². The lowest BCUT2D eigenvalue weighted by atomic mass is 10.1. The predicted molar refractivity (Wildman–Crippen MR) is 122 cm³/mol. The Hall–Kier alpha value is -1.92. The van der Waals surface area contributed by atoms with Crippen LogP contribution in [0.4, 0.5) is 5.69 Å². The van der Waals surface area contributed by atoms with E-state index in [0.717, 1.165) is 74.1 Å². The lowest BCUT2D eigenvalue weighted by Gasteiger charge is -2.36. The summed E-state index contributed by atoms with van der Waals surface area (Å²) < 4.78 is 0. The van der Waals surface area contributed by atoms with Crippen molar-refractivity contribution in [3.05, 3.63) is 45.9 Å². The fourth-order valence-corrected chi connectivity index (χ4v) is 4.90. The number of hydrogen-bond donors (Lipinski definition) is 1. The average Bonchev–Trinajstić information content (AvgIpc) is 3.08. The molecule has 6 heteroatoms. The lowest BCUT2D eigenvalue weighted by molar-refractivity contribution is 0.0955. The van der Waals surface area contributed by atoms with Gasteiger partial charge >= 0.3 is 0 Å². The second-order valence-electron chi connectivity index (χ2n) is 8.25. The molecule has 2 aromatic rings. The number of nitrogens with zero attached hydrogens (tertiary/aromatic N) is 3. The van der Waals surface area contributed by atoms with E-state index in [9.17, 15) is 4.79 Å². The number of para-hydroxylation sites is 1. The van der Waals surface area contributed by atoms with Gasteiger partial charge in [-0.15, -0.1) is 11.3 Å². The second-order valence-corrected chi connectivity index (χ2v) is 9.33. The summed E-state index contributed by atoms with van der Waals surface area (Å²) in [6.45, 7) is 12.5. The van der Waals surface area contributed by atoms with Gasteiger partial charge in [-0.1, -0.05) is 32.0 Å². The molecule has 1 amide bonds. The number of unbranched alkanes of at least 4 members (excludes halogenated alkanes) is 1. The Balaban J connectivity index is 1.31. The van der Waals surface area contributed by atoms with Crippen LogP contribution in [0.25, 0.3) is 0 Å². The summed E-state index contributed by atoms with van der Waals surface area (Å²) in [6, 6.07) is 10.7. The molecule has 0 aliphatic carbocycles. The van der Waals surface area contributed by atoms with Crippen molar-refractivity contribution in [1.29, 1.82) is 0 Å². The van der Waals surface area contributed by atoms with Crippen LogP contribution >= 0.6 is 11.3 Å². The quantitative estimate of drug-likeness (QED) is 0.631. The number of nitrogens with one attached hydrogen (secondary N) is 1. The fourth-order valence-electron chi connectivity index (χ4n) is 3.71. The average molecular weight is 415 g/mol. The molecule has 1 aliphatic heterocycles. The van der Waals surface area contributed by atoms with Crippen LogP contribution < -0.4 is 10.2 Å². The number of piperazine rings is 1. The fraction of sp³-hybridized carbons (Fsp3) is 0.565. The van der Waals surface area contributed by atoms with Gasteiger partial charge in [0.05, 0.1) is 10.7 Å². The molecule has 0 unspecified atom stereocenters. The number of hydrogen-bond acceptors (Lipinski definition) is 5. The highest BCUT2D eigenvalue weighted by molar-refractivity contribution is 7.13. The Morgan fingerprint density at radius 3 is 2.55 bits per heavy atom. The first-order valence-electron chi connectivity index (χ1n) is 10.8. The molecule has 0 saturated carbocycles. The highest BCUT2D eigenvalue weighted by Crippen LogP contribution is 2.20. The van der Waals surface area contributed by atoms with Gasteiger partial charge < -0.3 is 10.2 Å². The standard InChI is InChI=1S/C23H34N4OS/c1-18(2)17-21-25-19(3)22(29-21)23(28)24-11-7-8-12-26-13-15-27(16-14-26)20-9-5-4-6-10-20/h4-6,9-10,18H,7-8,11-17H2,1-3H3,(H,24,28). The number of carbonyl (C=O) groups is 1. The molecular formula is C23H34N4OS. The van der Waals surface area contributed by atoms with Gasteiger partial charge in [-0.25, -0.2) is 4.98 Å². The summed E-state index contributed by atoms with van der Waals surface area (Å²) >= 11 is 1.54. The van der Waals surface area contributed by atoms with Crippen molar-refractivity contribution in [2.45, 2.75) is 40.0 Å². The number of aromatic nitrogens is 1. The summed E-state index contributed by atoms with van der Waals surface area (Å²) in [6.07, 6.45) is 3.07. The first-order valence-corrected chi connectivity index (χ1v) is 11.6. The number of rotatable bonds is 9. The van der Waals surface area contributed by atoms with E-state index in [-0.39, 0.29) is 5.91 Å². The molecule has 1 saturated heterocycles. The van der Waals surface area contributed by atoms with E-state index >= 15 is 0 Å². The third kappa shape index (κ3) is 6.54. The number of carbonyl (C=O) groups excluding carboxylic acids is 1. The van der Waals surface area contributed by atoms with E-state index in [0.29, 0.717) is 5.92 Å². The number of aryl methyl sites for hydroxylation is 1. The molecule has 0 bridgehead atoms. The van der Waals surface area contributed by atoms with Crippen LogP contribution in [0.3, 0.4) is 0 Å². The van der Waals surface area contributed by atoms with Crippen molar-refractivity contribution >= 4 is 22.9 Å². The summed E-state index contributed by atoms with van der Waals surface area (Å²) in [5, 5.41) is 4.14. The normalized spacial score (nSPS) is 15.1. The third-order valence-electron chi connectivity index (χ3n) is 5.31. The van der Waals surface area contributed by atoms with Crippen molar-refractivity contribution in [3.8, 4) is 0 Å². The molecule has 1 aromatic heterocycles. The van der Waals surface area contributed by atoms with E-state index in [1.807, 2.05) is 6.92 Å². The van der Waals surface area contributed by atoms with Gasteiger partial charge in [-0.05, 0) is 44.4 Å². The van der Waals surface area contributed by atoms with Crippen LogP contribution in [0.1, 0.15) is 47.1 Å². The topological polar surface area (TPSA) is 48.5 Å². The van der Waals surface area contributed by atoms with Gasteiger partial charge in [0.2, 0.25) is 0 Å². The Bertz CT molecular complexity index is 766. The van der Waals surface area contributed by atoms with Crippen LogP contribution in [-0.2, 0) is 6.42 Å². The van der Waals surface area contributed by atoms with Crippen LogP contribution in [0.15, 0.2) is 30.3 Å². The largest absolute Gasteiger partial charge is 0.369 e. The van der Waals surface area contributed by atoms with Crippen molar-refractivity contribution in [2.75, 3.05) is 44.2 Å². The molecular weight excluding hydrogens is 380 g/mol. The van der Waals surface area contributed by atoms with Gasteiger partial charge in [0, 0.05) is 44.8 Å². The number of amides is 1. The monoisotopic (exact) mass is 414 g/mol. The summed E-state index contributed by atoms with van der Waals surface area (Å²) in [5.41, 5.74) is 2.18. The van der Waals surface area contributed by atoms with Crippen molar-refractivity contribution in [1.82, 2.24) is 15.2 Å². The first kappa shape index (κ1) is 21.8. The molecule has 158 valence electrons. The SMILES string of the molecule is Cc1nc(CC(C)C)sc1C(=O)NCCCCN1CCN(c2ccccc2)CC1. The maximum Gasteiger partial charge on any atom is 0.263 e. The van der Waals surface area contributed by atoms with Crippen molar-refractivity contribution in [2.24, 2.45) is 5.92 Å². The van der Waals surface area contributed by atoms with E-state index < -0.39 is 0 Å². The molecule has 1 fully saturated rings. The number of anilines is 1. The minimum Gasteiger partial charge on any atom is -0.369 e. The lowest BCUT2D eigenvalue weighted by Crippen LogP contribution is -2.46. The molecule has 0 atom stereocenters. The predicted octanol–water partition coefficient (Wildman–Crippen LogP) is 3.98. The molecule has 1 aliphatic rings. The number of thiazole rings is 1. The van der Waals surface area contributed by atoms with Crippen LogP contribution in [0.2, 0.25) is 0 Å². The second kappa shape index (κ2) is 10.7. The van der Waals surface area contributed by atoms with Gasteiger partial charge in [0.1, 0.15) is 4.88 Å². The minimum absolute atomic E-state index is 0.0338. The van der Waals surface area contributed by atoms with Crippen molar-refractivity contribution in [3.63, 3.8) is 0 Å².